The Morgan fingerprint density at radius 2 is 1.93 bits per heavy atom. The molecule has 9 heteroatoms. The van der Waals surface area contributed by atoms with Crippen molar-refractivity contribution in [3.05, 3.63) is 51.6 Å². The first-order valence-electron chi connectivity index (χ1n) is 9.17. The van der Waals surface area contributed by atoms with Gasteiger partial charge in [-0.2, -0.15) is 4.31 Å². The van der Waals surface area contributed by atoms with Crippen LogP contribution in [0.2, 0.25) is 0 Å². The SMILES string of the molecule is COc1ccc(C(=O)Nc2ccc(S(=O)(=O)N3CCC(O)CC3C)cc2)cc1I. The Bertz CT molecular complexity index is 994. The first kappa shape index (κ1) is 22.0. The quantitative estimate of drug-likeness (QED) is 0.580. The Hall–Kier alpha value is -1.69. The maximum Gasteiger partial charge on any atom is 0.255 e. The van der Waals surface area contributed by atoms with Crippen LogP contribution < -0.4 is 10.1 Å². The molecule has 0 saturated carbocycles. The number of halogens is 1. The first-order valence-corrected chi connectivity index (χ1v) is 11.7. The van der Waals surface area contributed by atoms with Gasteiger partial charge in [0.1, 0.15) is 5.75 Å². The summed E-state index contributed by atoms with van der Waals surface area (Å²) in [6, 6.07) is 11.0. The number of nitrogens with one attached hydrogen (secondary N) is 1. The van der Waals surface area contributed by atoms with Crippen LogP contribution in [0.25, 0.3) is 0 Å². The van der Waals surface area contributed by atoms with Crippen LogP contribution in [0.1, 0.15) is 30.1 Å². The van der Waals surface area contributed by atoms with Crippen molar-refractivity contribution >= 4 is 44.2 Å². The third-order valence-corrected chi connectivity index (χ3v) is 7.79. The van der Waals surface area contributed by atoms with Gasteiger partial charge in [0, 0.05) is 23.8 Å². The minimum Gasteiger partial charge on any atom is -0.496 e. The zero-order chi connectivity index (χ0) is 21.2. The Morgan fingerprint density at radius 1 is 1.24 bits per heavy atom. The standard InChI is InChI=1S/C20H23IN2O5S/c1-13-11-16(24)9-10-23(13)29(26,27)17-6-4-15(5-7-17)22-20(25)14-3-8-19(28-2)18(21)12-14/h3-8,12-13,16,24H,9-11H2,1-2H3,(H,22,25). The molecule has 0 spiro atoms. The molecule has 2 atom stereocenters. The predicted octanol–water partition coefficient (Wildman–Crippen LogP) is 3.09. The second-order valence-electron chi connectivity index (χ2n) is 6.97. The highest BCUT2D eigenvalue weighted by Crippen LogP contribution is 2.26. The van der Waals surface area contributed by atoms with Crippen molar-refractivity contribution in [2.75, 3.05) is 19.0 Å². The summed E-state index contributed by atoms with van der Waals surface area (Å²) in [7, 11) is -2.08. The van der Waals surface area contributed by atoms with Gasteiger partial charge in [0.2, 0.25) is 10.0 Å². The molecular weight excluding hydrogens is 507 g/mol. The summed E-state index contributed by atoms with van der Waals surface area (Å²) in [6.07, 6.45) is 0.391. The molecule has 1 amide bonds. The van der Waals surface area contributed by atoms with Gasteiger partial charge in [-0.3, -0.25) is 4.79 Å². The van der Waals surface area contributed by atoms with Crippen molar-refractivity contribution < 1.29 is 23.1 Å². The highest BCUT2D eigenvalue weighted by atomic mass is 127. The Balaban J connectivity index is 1.73. The number of methoxy groups -OCH3 is 1. The fourth-order valence-corrected chi connectivity index (χ4v) is 5.73. The number of benzene rings is 2. The highest BCUT2D eigenvalue weighted by Gasteiger charge is 2.33. The number of amides is 1. The number of sulfonamides is 1. The third-order valence-electron chi connectivity index (χ3n) is 4.92. The monoisotopic (exact) mass is 530 g/mol. The minimum absolute atomic E-state index is 0.165. The number of piperidine rings is 1. The topological polar surface area (TPSA) is 95.9 Å². The number of aliphatic hydroxyl groups excluding tert-OH is 1. The van der Waals surface area contributed by atoms with Crippen molar-refractivity contribution in [2.24, 2.45) is 0 Å². The van der Waals surface area contributed by atoms with E-state index in [4.69, 9.17) is 4.74 Å². The molecule has 3 rings (SSSR count). The van der Waals surface area contributed by atoms with E-state index in [0.717, 1.165) is 3.57 Å². The number of carbonyl (C=O) groups is 1. The number of nitrogens with zero attached hydrogens (tertiary/aromatic N) is 1. The van der Waals surface area contributed by atoms with E-state index >= 15 is 0 Å². The molecule has 2 aromatic carbocycles. The van der Waals surface area contributed by atoms with Crippen LogP contribution in [0.3, 0.4) is 0 Å². The highest BCUT2D eigenvalue weighted by molar-refractivity contribution is 14.1. The molecule has 0 aromatic heterocycles. The van der Waals surface area contributed by atoms with Crippen molar-refractivity contribution in [1.29, 1.82) is 0 Å². The van der Waals surface area contributed by atoms with Crippen LogP contribution in [0, 0.1) is 3.57 Å². The zero-order valence-corrected chi connectivity index (χ0v) is 19.1. The van der Waals surface area contributed by atoms with Gasteiger partial charge in [0.05, 0.1) is 21.7 Å². The molecule has 1 aliphatic rings. The van der Waals surface area contributed by atoms with Gasteiger partial charge >= 0.3 is 0 Å². The molecule has 2 N–H and O–H groups in total. The average Bonchev–Trinajstić information content (AvgIpc) is 2.68. The number of hydrogen-bond donors (Lipinski definition) is 2. The lowest BCUT2D eigenvalue weighted by Crippen LogP contribution is -2.45. The Kier molecular flexibility index (Phi) is 6.82. The van der Waals surface area contributed by atoms with E-state index in [2.05, 4.69) is 27.9 Å². The van der Waals surface area contributed by atoms with Gasteiger partial charge in [0.25, 0.3) is 5.91 Å². The molecule has 0 radical (unpaired) electrons. The number of aliphatic hydroxyl groups is 1. The summed E-state index contributed by atoms with van der Waals surface area (Å²) >= 11 is 2.10. The molecule has 2 unspecified atom stereocenters. The fourth-order valence-electron chi connectivity index (χ4n) is 3.34. The van der Waals surface area contributed by atoms with Crippen molar-refractivity contribution in [1.82, 2.24) is 4.31 Å². The van der Waals surface area contributed by atoms with Crippen molar-refractivity contribution in [3.8, 4) is 5.75 Å². The summed E-state index contributed by atoms with van der Waals surface area (Å²) in [4.78, 5) is 12.6. The van der Waals surface area contributed by atoms with E-state index in [1.807, 2.05) is 0 Å². The molecule has 1 aliphatic heterocycles. The summed E-state index contributed by atoms with van der Waals surface area (Å²) in [6.45, 7) is 2.09. The van der Waals surface area contributed by atoms with Gasteiger partial charge in [-0.05, 0) is 84.8 Å². The van der Waals surface area contributed by atoms with E-state index < -0.39 is 16.1 Å². The number of ether oxygens (including phenoxy) is 1. The van der Waals surface area contributed by atoms with E-state index in [1.54, 1.807) is 44.4 Å². The molecule has 2 aromatic rings. The summed E-state index contributed by atoms with van der Waals surface area (Å²) in [5.41, 5.74) is 0.981. The molecular formula is C20H23IN2O5S. The Morgan fingerprint density at radius 3 is 2.52 bits per heavy atom. The molecule has 0 aliphatic carbocycles. The molecule has 1 heterocycles. The van der Waals surface area contributed by atoms with E-state index in [0.29, 0.717) is 36.4 Å². The number of carbonyl (C=O) groups excluding carboxylic acids is 1. The third kappa shape index (κ3) is 4.90. The van der Waals surface area contributed by atoms with Crippen LogP contribution in [0.4, 0.5) is 5.69 Å². The van der Waals surface area contributed by atoms with E-state index in [-0.39, 0.29) is 16.8 Å². The molecule has 156 valence electrons. The summed E-state index contributed by atoms with van der Waals surface area (Å²) in [5.74, 6) is 0.399. The molecule has 7 nitrogen and oxygen atoms in total. The Labute approximate surface area is 184 Å². The van der Waals surface area contributed by atoms with Crippen LogP contribution in [-0.4, -0.2) is 49.5 Å². The van der Waals surface area contributed by atoms with Gasteiger partial charge in [0.15, 0.2) is 0 Å². The molecule has 0 bridgehead atoms. The average molecular weight is 530 g/mol. The van der Waals surface area contributed by atoms with Gasteiger partial charge in [-0.25, -0.2) is 8.42 Å². The second-order valence-corrected chi connectivity index (χ2v) is 10.0. The number of anilines is 1. The van der Waals surface area contributed by atoms with Crippen LogP contribution in [-0.2, 0) is 10.0 Å². The van der Waals surface area contributed by atoms with E-state index in [1.165, 1.54) is 16.4 Å². The lowest BCUT2D eigenvalue weighted by Gasteiger charge is -2.34. The zero-order valence-electron chi connectivity index (χ0n) is 16.1. The molecule has 1 saturated heterocycles. The van der Waals surface area contributed by atoms with Gasteiger partial charge < -0.3 is 15.2 Å². The fraction of sp³-hybridized carbons (Fsp3) is 0.350. The summed E-state index contributed by atoms with van der Waals surface area (Å²) in [5, 5.41) is 12.5. The van der Waals surface area contributed by atoms with Crippen LogP contribution >= 0.6 is 22.6 Å². The number of hydrogen-bond acceptors (Lipinski definition) is 5. The van der Waals surface area contributed by atoms with Crippen LogP contribution in [0.5, 0.6) is 5.75 Å². The van der Waals surface area contributed by atoms with Crippen molar-refractivity contribution in [2.45, 2.75) is 36.8 Å². The van der Waals surface area contributed by atoms with Gasteiger partial charge in [-0.15, -0.1) is 0 Å². The normalized spacial score (nSPS) is 20.3. The predicted molar refractivity (Wildman–Crippen MR) is 119 cm³/mol. The van der Waals surface area contributed by atoms with Crippen molar-refractivity contribution in [3.63, 3.8) is 0 Å². The lowest BCUT2D eigenvalue weighted by atomic mass is 10.0. The van der Waals surface area contributed by atoms with Crippen LogP contribution in [0.15, 0.2) is 47.4 Å². The smallest absolute Gasteiger partial charge is 0.255 e. The molecule has 29 heavy (non-hydrogen) atoms. The van der Waals surface area contributed by atoms with E-state index in [9.17, 15) is 18.3 Å². The maximum absolute atomic E-state index is 12.9. The largest absolute Gasteiger partial charge is 0.496 e. The van der Waals surface area contributed by atoms with Gasteiger partial charge in [-0.1, -0.05) is 0 Å². The first-order chi connectivity index (χ1) is 13.7. The minimum atomic E-state index is -3.65. The number of rotatable bonds is 5. The lowest BCUT2D eigenvalue weighted by molar-refractivity contribution is 0.0867. The maximum atomic E-state index is 12.9. The molecule has 1 fully saturated rings. The second kappa shape index (κ2) is 8.99. The summed E-state index contributed by atoms with van der Waals surface area (Å²) < 4.78 is 33.2.